The molecule has 9 heteroatoms. The number of carbonyl (C=O) groups is 2. The second kappa shape index (κ2) is 6.88. The van der Waals surface area contributed by atoms with Crippen molar-refractivity contribution in [3.05, 3.63) is 22.7 Å². The number of ether oxygens (including phenoxy) is 1. The van der Waals surface area contributed by atoms with Gasteiger partial charge in [-0.25, -0.2) is 4.79 Å². The standard InChI is InChI=1S/C14H15N3O5S/c18-12(17-4-5-21-10(7-17)14(19)20)2-1-11-15-16-13(22-11)9-3-6-23-8-9/h3,6,8,10H,1-2,4-5,7H2,(H,19,20). The second-order valence-electron chi connectivity index (χ2n) is 5.05. The van der Waals surface area contributed by atoms with Crippen molar-refractivity contribution in [2.45, 2.75) is 18.9 Å². The first-order chi connectivity index (χ1) is 11.1. The summed E-state index contributed by atoms with van der Waals surface area (Å²) >= 11 is 1.53. The van der Waals surface area contributed by atoms with E-state index in [0.29, 0.717) is 24.7 Å². The maximum atomic E-state index is 12.2. The van der Waals surface area contributed by atoms with Gasteiger partial charge in [0, 0.05) is 30.3 Å². The minimum absolute atomic E-state index is 0.0676. The maximum Gasteiger partial charge on any atom is 0.334 e. The highest BCUT2D eigenvalue weighted by molar-refractivity contribution is 7.08. The minimum Gasteiger partial charge on any atom is -0.479 e. The average molecular weight is 337 g/mol. The lowest BCUT2D eigenvalue weighted by Crippen LogP contribution is -2.48. The smallest absolute Gasteiger partial charge is 0.334 e. The van der Waals surface area contributed by atoms with Crippen LogP contribution in [0, 0.1) is 0 Å². The molecule has 0 spiro atoms. The molecular weight excluding hydrogens is 322 g/mol. The van der Waals surface area contributed by atoms with Crippen molar-refractivity contribution in [1.29, 1.82) is 0 Å². The van der Waals surface area contributed by atoms with Crippen LogP contribution in [-0.4, -0.2) is 57.9 Å². The molecule has 1 amide bonds. The van der Waals surface area contributed by atoms with Crippen LogP contribution in [0.3, 0.4) is 0 Å². The van der Waals surface area contributed by atoms with Gasteiger partial charge in [0.15, 0.2) is 6.10 Å². The van der Waals surface area contributed by atoms with Gasteiger partial charge in [0.2, 0.25) is 17.7 Å². The van der Waals surface area contributed by atoms with Crippen LogP contribution in [0.2, 0.25) is 0 Å². The predicted molar refractivity (Wildman–Crippen MR) is 79.9 cm³/mol. The summed E-state index contributed by atoms with van der Waals surface area (Å²) in [6, 6.07) is 1.88. The summed E-state index contributed by atoms with van der Waals surface area (Å²) in [5.41, 5.74) is 0.859. The Hall–Kier alpha value is -2.26. The quantitative estimate of drug-likeness (QED) is 0.869. The third kappa shape index (κ3) is 3.74. The number of morpholine rings is 1. The molecule has 1 N–H and O–H groups in total. The summed E-state index contributed by atoms with van der Waals surface area (Å²) in [5, 5.41) is 20.6. The first-order valence-corrected chi connectivity index (χ1v) is 8.05. The first-order valence-electron chi connectivity index (χ1n) is 7.10. The highest BCUT2D eigenvalue weighted by Gasteiger charge is 2.28. The third-order valence-corrected chi connectivity index (χ3v) is 4.17. The molecule has 2 aromatic rings. The van der Waals surface area contributed by atoms with E-state index in [2.05, 4.69) is 10.2 Å². The number of carboxylic acid groups (broad SMARTS) is 1. The van der Waals surface area contributed by atoms with Crippen molar-refractivity contribution < 1.29 is 23.8 Å². The van der Waals surface area contributed by atoms with Gasteiger partial charge in [0.1, 0.15) is 0 Å². The van der Waals surface area contributed by atoms with Gasteiger partial charge in [0.25, 0.3) is 0 Å². The molecule has 122 valence electrons. The van der Waals surface area contributed by atoms with E-state index in [4.69, 9.17) is 14.3 Å². The molecular formula is C14H15N3O5S. The Morgan fingerprint density at radius 3 is 3.04 bits per heavy atom. The summed E-state index contributed by atoms with van der Waals surface area (Å²) < 4.78 is 10.6. The molecule has 1 aliphatic rings. The fraction of sp³-hybridized carbons (Fsp3) is 0.429. The van der Waals surface area contributed by atoms with Crippen molar-refractivity contribution in [2.24, 2.45) is 0 Å². The highest BCUT2D eigenvalue weighted by atomic mass is 32.1. The molecule has 1 aliphatic heterocycles. The number of hydrogen-bond acceptors (Lipinski definition) is 7. The van der Waals surface area contributed by atoms with Crippen LogP contribution in [0.25, 0.3) is 11.5 Å². The molecule has 1 saturated heterocycles. The third-order valence-electron chi connectivity index (χ3n) is 3.48. The number of aryl methyl sites for hydroxylation is 1. The summed E-state index contributed by atoms with van der Waals surface area (Å²) in [6.45, 7) is 0.691. The first kappa shape index (κ1) is 15.6. The van der Waals surface area contributed by atoms with Gasteiger partial charge < -0.3 is 19.2 Å². The van der Waals surface area contributed by atoms with Gasteiger partial charge in [-0.05, 0) is 11.4 Å². The monoisotopic (exact) mass is 337 g/mol. The normalized spacial score (nSPS) is 18.1. The molecule has 1 unspecified atom stereocenters. The van der Waals surface area contributed by atoms with E-state index >= 15 is 0 Å². The number of thiophene rings is 1. The Balaban J connectivity index is 1.54. The number of amides is 1. The van der Waals surface area contributed by atoms with Crippen LogP contribution in [0.15, 0.2) is 21.2 Å². The Labute approximate surface area is 135 Å². The van der Waals surface area contributed by atoms with E-state index < -0.39 is 12.1 Å². The highest BCUT2D eigenvalue weighted by Crippen LogP contribution is 2.21. The van der Waals surface area contributed by atoms with E-state index in [9.17, 15) is 9.59 Å². The molecule has 3 heterocycles. The number of aromatic nitrogens is 2. The van der Waals surface area contributed by atoms with Crippen LogP contribution < -0.4 is 0 Å². The van der Waals surface area contributed by atoms with Crippen molar-refractivity contribution in [3.63, 3.8) is 0 Å². The minimum atomic E-state index is -1.06. The van der Waals surface area contributed by atoms with E-state index in [-0.39, 0.29) is 25.5 Å². The molecule has 1 fully saturated rings. The van der Waals surface area contributed by atoms with Crippen molar-refractivity contribution in [2.75, 3.05) is 19.7 Å². The van der Waals surface area contributed by atoms with E-state index in [1.165, 1.54) is 16.2 Å². The topological polar surface area (TPSA) is 106 Å². The van der Waals surface area contributed by atoms with E-state index in [1.54, 1.807) is 0 Å². The lowest BCUT2D eigenvalue weighted by atomic mass is 10.2. The summed E-state index contributed by atoms with van der Waals surface area (Å²) in [6.07, 6.45) is -0.441. The van der Waals surface area contributed by atoms with Crippen molar-refractivity contribution in [3.8, 4) is 11.5 Å². The van der Waals surface area contributed by atoms with Crippen LogP contribution in [0.1, 0.15) is 12.3 Å². The number of carbonyl (C=O) groups excluding carboxylic acids is 1. The Kier molecular flexibility index (Phi) is 4.68. The van der Waals surface area contributed by atoms with E-state index in [1.807, 2.05) is 16.8 Å². The number of carboxylic acids is 1. The van der Waals surface area contributed by atoms with Gasteiger partial charge in [-0.3, -0.25) is 4.79 Å². The van der Waals surface area contributed by atoms with Crippen LogP contribution in [0.5, 0.6) is 0 Å². The Morgan fingerprint density at radius 2 is 2.30 bits per heavy atom. The molecule has 0 aromatic carbocycles. The number of hydrogen-bond donors (Lipinski definition) is 1. The largest absolute Gasteiger partial charge is 0.479 e. The summed E-state index contributed by atoms with van der Waals surface area (Å²) in [5.74, 6) is -0.372. The maximum absolute atomic E-state index is 12.2. The fourth-order valence-electron chi connectivity index (χ4n) is 2.25. The molecule has 0 saturated carbocycles. The van der Waals surface area contributed by atoms with Gasteiger partial charge in [-0.1, -0.05) is 0 Å². The lowest BCUT2D eigenvalue weighted by molar-refractivity contribution is -0.159. The second-order valence-corrected chi connectivity index (χ2v) is 5.83. The predicted octanol–water partition coefficient (Wildman–Crippen LogP) is 1.04. The summed E-state index contributed by atoms with van der Waals surface area (Å²) in [7, 11) is 0. The molecule has 8 nitrogen and oxygen atoms in total. The molecule has 2 aromatic heterocycles. The summed E-state index contributed by atoms with van der Waals surface area (Å²) in [4.78, 5) is 24.6. The lowest BCUT2D eigenvalue weighted by Gasteiger charge is -2.30. The van der Waals surface area contributed by atoms with Crippen LogP contribution >= 0.6 is 11.3 Å². The average Bonchev–Trinajstić information content (AvgIpc) is 3.23. The molecule has 1 atom stereocenters. The Morgan fingerprint density at radius 1 is 1.43 bits per heavy atom. The molecule has 23 heavy (non-hydrogen) atoms. The number of aliphatic carboxylic acids is 1. The van der Waals surface area contributed by atoms with E-state index in [0.717, 1.165) is 5.56 Å². The SMILES string of the molecule is O=C(O)C1CN(C(=O)CCc2nnc(-c3ccsc3)o2)CCO1. The van der Waals surface area contributed by atoms with Crippen molar-refractivity contribution in [1.82, 2.24) is 15.1 Å². The van der Waals surface area contributed by atoms with Crippen LogP contribution in [-0.2, 0) is 20.7 Å². The zero-order valence-electron chi connectivity index (χ0n) is 12.2. The Bertz CT molecular complexity index is 684. The molecule has 0 radical (unpaired) electrons. The molecule has 3 rings (SSSR count). The van der Waals surface area contributed by atoms with Gasteiger partial charge in [-0.2, -0.15) is 11.3 Å². The van der Waals surface area contributed by atoms with Crippen LogP contribution in [0.4, 0.5) is 0 Å². The van der Waals surface area contributed by atoms with Gasteiger partial charge >= 0.3 is 5.97 Å². The zero-order valence-corrected chi connectivity index (χ0v) is 13.0. The molecule has 0 aliphatic carbocycles. The zero-order chi connectivity index (χ0) is 16.2. The fourth-order valence-corrected chi connectivity index (χ4v) is 2.88. The van der Waals surface area contributed by atoms with Crippen molar-refractivity contribution >= 4 is 23.2 Å². The number of nitrogens with zero attached hydrogens (tertiary/aromatic N) is 3. The van der Waals surface area contributed by atoms with Gasteiger partial charge in [0.05, 0.1) is 13.2 Å². The van der Waals surface area contributed by atoms with Gasteiger partial charge in [-0.15, -0.1) is 10.2 Å². The molecule has 0 bridgehead atoms. The number of rotatable bonds is 5.